The second kappa shape index (κ2) is 14.1. The molecule has 1 aromatic carbocycles. The number of fused-ring (bicyclic) bond motifs is 2. The lowest BCUT2D eigenvalue weighted by molar-refractivity contribution is -0.122. The van der Waals surface area contributed by atoms with Crippen LogP contribution in [-0.4, -0.2) is 51.2 Å². The van der Waals surface area contributed by atoms with E-state index in [4.69, 9.17) is 18.9 Å². The summed E-state index contributed by atoms with van der Waals surface area (Å²) >= 11 is 5.20. The highest BCUT2D eigenvalue weighted by Gasteiger charge is 2.41. The van der Waals surface area contributed by atoms with Crippen LogP contribution in [-0.2, 0) is 19.1 Å². The third-order valence-electron chi connectivity index (χ3n) is 5.78. The maximum atomic E-state index is 13.2. The number of thioether (sulfide) groups is 4. The Labute approximate surface area is 265 Å². The molecule has 0 saturated carbocycles. The Balaban J connectivity index is 2.23. The van der Waals surface area contributed by atoms with Crippen LogP contribution in [0.3, 0.4) is 0 Å². The maximum absolute atomic E-state index is 13.2. The average molecular weight is 649 g/mol. The van der Waals surface area contributed by atoms with E-state index < -0.39 is 10.8 Å². The molecule has 226 valence electrons. The number of rotatable bonds is 11. The molecule has 3 rings (SSSR count). The van der Waals surface area contributed by atoms with Crippen LogP contribution in [0.4, 0.5) is 0 Å². The predicted octanol–water partition coefficient (Wildman–Crippen LogP) is 7.61. The van der Waals surface area contributed by atoms with E-state index in [0.29, 0.717) is 43.0 Å². The molecular formula is C30H36N2O6S4. The third kappa shape index (κ3) is 7.71. The molecule has 0 radical (unpaired) electrons. The minimum atomic E-state index is -0.736. The van der Waals surface area contributed by atoms with Crippen LogP contribution < -0.4 is 9.47 Å². The largest absolute Gasteiger partial charge is 0.489 e. The van der Waals surface area contributed by atoms with Crippen LogP contribution in [0.1, 0.15) is 55.4 Å². The van der Waals surface area contributed by atoms with Crippen molar-refractivity contribution in [2.75, 3.05) is 33.5 Å². The van der Waals surface area contributed by atoms with Crippen LogP contribution in [0.2, 0.25) is 0 Å². The molecule has 0 aliphatic carbocycles. The third-order valence-corrected chi connectivity index (χ3v) is 11.0. The van der Waals surface area contributed by atoms with Crippen molar-refractivity contribution in [2.24, 2.45) is 10.8 Å². The second-order valence-corrected chi connectivity index (χ2v) is 16.3. The SMILES string of the molecule is COCCOc1c2c(c(OCCOC(C)C)c3c1S/C(=C(/C#N)C(=O)C(C)(C)C)S3)S/C(=C(/C#N)C(=O)C(C)(C)C)S2. The van der Waals surface area contributed by atoms with Gasteiger partial charge in [-0.15, -0.1) is 0 Å². The number of nitriles is 2. The van der Waals surface area contributed by atoms with Gasteiger partial charge in [-0.1, -0.05) is 88.6 Å². The van der Waals surface area contributed by atoms with Gasteiger partial charge in [-0.25, -0.2) is 0 Å². The standard InChI is InChI=1S/C30H36N2O6S4/c1-16(2)36-12-13-38-20-23-21(39-27(41-23)17(14-31)25(33)29(3,4)5)19(37-11-10-35-9)22-24(20)42-28(40-22)18(15-32)26(34)30(6,7)8/h16H,10-13H2,1-9H3/b27-17-,28-18+. The summed E-state index contributed by atoms with van der Waals surface area (Å²) in [6, 6.07) is 4.26. The Morgan fingerprint density at radius 1 is 0.690 bits per heavy atom. The van der Waals surface area contributed by atoms with Gasteiger partial charge in [0.2, 0.25) is 0 Å². The second-order valence-electron chi connectivity index (χ2n) is 11.7. The number of carbonyl (C=O) groups excluding carboxylic acids is 2. The molecule has 0 fully saturated rings. The first-order chi connectivity index (χ1) is 19.6. The number of methoxy groups -OCH3 is 1. The van der Waals surface area contributed by atoms with Crippen molar-refractivity contribution in [3.05, 3.63) is 19.6 Å². The Morgan fingerprint density at radius 3 is 1.33 bits per heavy atom. The minimum absolute atomic E-state index is 0.0312. The van der Waals surface area contributed by atoms with Crippen LogP contribution in [0, 0.1) is 33.5 Å². The van der Waals surface area contributed by atoms with Crippen molar-refractivity contribution < 1.29 is 28.5 Å². The molecule has 0 atom stereocenters. The smallest absolute Gasteiger partial charge is 0.180 e. The first-order valence-corrected chi connectivity index (χ1v) is 16.6. The number of hydrogen-bond donors (Lipinski definition) is 0. The average Bonchev–Trinajstić information content (AvgIpc) is 3.52. The molecule has 2 heterocycles. The molecule has 0 bridgehead atoms. The van der Waals surface area contributed by atoms with Gasteiger partial charge in [0.15, 0.2) is 11.6 Å². The molecule has 2 aliphatic heterocycles. The Morgan fingerprint density at radius 2 is 1.05 bits per heavy atom. The number of benzene rings is 1. The number of Topliss-reactive ketones (excluding diaryl/α,β-unsaturated/α-hetero) is 2. The van der Waals surface area contributed by atoms with E-state index >= 15 is 0 Å². The quantitative estimate of drug-likeness (QED) is 0.133. The molecule has 0 spiro atoms. The monoisotopic (exact) mass is 648 g/mol. The summed E-state index contributed by atoms with van der Waals surface area (Å²) in [5, 5.41) is 20.0. The molecule has 0 saturated heterocycles. The summed E-state index contributed by atoms with van der Waals surface area (Å²) in [4.78, 5) is 29.3. The van der Waals surface area contributed by atoms with Crippen LogP contribution in [0.15, 0.2) is 39.2 Å². The zero-order valence-corrected chi connectivity index (χ0v) is 28.6. The van der Waals surface area contributed by atoms with Crippen molar-refractivity contribution in [3.8, 4) is 23.6 Å². The fourth-order valence-corrected chi connectivity index (χ4v) is 9.07. The lowest BCUT2D eigenvalue weighted by Gasteiger charge is -2.18. The van der Waals surface area contributed by atoms with Gasteiger partial charge in [-0.05, 0) is 13.8 Å². The summed E-state index contributed by atoms with van der Waals surface area (Å²) in [6.07, 6.45) is 0.0312. The van der Waals surface area contributed by atoms with Gasteiger partial charge in [-0.3, -0.25) is 9.59 Å². The number of nitrogens with zero attached hydrogens (tertiary/aromatic N) is 2. The number of ether oxygens (including phenoxy) is 4. The van der Waals surface area contributed by atoms with E-state index in [-0.39, 0.29) is 42.0 Å². The van der Waals surface area contributed by atoms with E-state index in [9.17, 15) is 20.1 Å². The summed E-state index contributed by atoms with van der Waals surface area (Å²) in [7, 11) is 1.58. The van der Waals surface area contributed by atoms with E-state index in [1.165, 1.54) is 47.0 Å². The zero-order valence-electron chi connectivity index (χ0n) is 25.4. The zero-order chi connectivity index (χ0) is 31.4. The maximum Gasteiger partial charge on any atom is 0.180 e. The summed E-state index contributed by atoms with van der Waals surface area (Å²) in [6.45, 7) is 15.8. The summed E-state index contributed by atoms with van der Waals surface area (Å²) in [5.74, 6) is 0.600. The van der Waals surface area contributed by atoms with Gasteiger partial charge < -0.3 is 18.9 Å². The van der Waals surface area contributed by atoms with E-state index in [1.807, 2.05) is 13.8 Å². The predicted molar refractivity (Wildman–Crippen MR) is 168 cm³/mol. The molecule has 8 nitrogen and oxygen atoms in total. The Kier molecular flexibility index (Phi) is 11.6. The van der Waals surface area contributed by atoms with Crippen LogP contribution >= 0.6 is 47.0 Å². The van der Waals surface area contributed by atoms with E-state index in [1.54, 1.807) is 48.7 Å². The molecule has 12 heteroatoms. The lowest BCUT2D eigenvalue weighted by Crippen LogP contribution is -2.21. The topological polar surface area (TPSA) is 119 Å². The van der Waals surface area contributed by atoms with Gasteiger partial charge in [0, 0.05) is 17.9 Å². The van der Waals surface area contributed by atoms with Crippen molar-refractivity contribution in [1.82, 2.24) is 0 Å². The number of allylic oxidation sites excluding steroid dienone is 2. The fraction of sp³-hybridized carbons (Fsp3) is 0.533. The molecule has 1 aromatic rings. The number of carbonyl (C=O) groups is 2. The Bertz CT molecular complexity index is 1310. The van der Waals surface area contributed by atoms with Crippen molar-refractivity contribution in [3.63, 3.8) is 0 Å². The van der Waals surface area contributed by atoms with Gasteiger partial charge in [-0.2, -0.15) is 10.5 Å². The summed E-state index contributed by atoms with van der Waals surface area (Å²) < 4.78 is 24.7. The first-order valence-electron chi connectivity index (χ1n) is 13.4. The van der Waals surface area contributed by atoms with Crippen molar-refractivity contribution >= 4 is 58.6 Å². The number of ketones is 2. The molecule has 42 heavy (non-hydrogen) atoms. The molecule has 0 amide bonds. The fourth-order valence-electron chi connectivity index (χ4n) is 3.65. The molecule has 0 N–H and O–H groups in total. The first kappa shape index (κ1) is 34.4. The van der Waals surface area contributed by atoms with E-state index in [2.05, 4.69) is 12.1 Å². The number of hydrogen-bond acceptors (Lipinski definition) is 12. The van der Waals surface area contributed by atoms with Gasteiger partial charge in [0.25, 0.3) is 0 Å². The minimum Gasteiger partial charge on any atom is -0.489 e. The lowest BCUT2D eigenvalue weighted by atomic mass is 9.87. The van der Waals surface area contributed by atoms with Crippen molar-refractivity contribution in [1.29, 1.82) is 10.5 Å². The summed E-state index contributed by atoms with van der Waals surface area (Å²) in [5.41, 5.74) is -1.29. The molecule has 2 aliphatic rings. The Hall–Kier alpha value is -2.06. The van der Waals surface area contributed by atoms with Crippen LogP contribution in [0.5, 0.6) is 11.5 Å². The molecule has 0 unspecified atom stereocenters. The van der Waals surface area contributed by atoms with Gasteiger partial charge in [0.1, 0.15) is 48.0 Å². The van der Waals surface area contributed by atoms with Gasteiger partial charge in [0.05, 0.1) is 47.4 Å². The normalized spacial score (nSPS) is 16.9. The highest BCUT2D eigenvalue weighted by molar-refractivity contribution is 8.26. The van der Waals surface area contributed by atoms with Crippen molar-refractivity contribution in [2.45, 2.75) is 81.1 Å². The van der Waals surface area contributed by atoms with E-state index in [0.717, 1.165) is 9.79 Å². The highest BCUT2D eigenvalue weighted by Crippen LogP contribution is 2.68. The van der Waals surface area contributed by atoms with Crippen LogP contribution in [0.25, 0.3) is 0 Å². The van der Waals surface area contributed by atoms with Gasteiger partial charge >= 0.3 is 0 Å². The molecule has 0 aromatic heterocycles. The highest BCUT2D eigenvalue weighted by atomic mass is 32.2. The molecular weight excluding hydrogens is 613 g/mol.